The van der Waals surface area contributed by atoms with Gasteiger partial charge in [0.05, 0.1) is 13.2 Å². The van der Waals surface area contributed by atoms with Gasteiger partial charge in [-0.25, -0.2) is 0 Å². The highest BCUT2D eigenvalue weighted by atomic mass is 79.9. The summed E-state index contributed by atoms with van der Waals surface area (Å²) in [6, 6.07) is 3.61. The van der Waals surface area contributed by atoms with Gasteiger partial charge in [0.2, 0.25) is 0 Å². The van der Waals surface area contributed by atoms with E-state index in [1.165, 1.54) is 0 Å². The number of benzene rings is 1. The first-order chi connectivity index (χ1) is 5.70. The maximum atomic E-state index is 8.99. The van der Waals surface area contributed by atoms with Crippen molar-refractivity contribution in [1.82, 2.24) is 0 Å². The predicted octanol–water partition coefficient (Wildman–Crippen LogP) is 2.20. The molecule has 0 aliphatic heterocycles. The summed E-state index contributed by atoms with van der Waals surface area (Å²) in [5.74, 6) is 0. The van der Waals surface area contributed by atoms with E-state index in [2.05, 4.69) is 31.9 Å². The Kier molecular flexibility index (Phi) is 3.71. The molecule has 0 aliphatic carbocycles. The molecular formula is C8H8Br2O2. The van der Waals surface area contributed by atoms with Gasteiger partial charge in [-0.2, -0.15) is 0 Å². The van der Waals surface area contributed by atoms with Crippen LogP contribution in [-0.4, -0.2) is 10.2 Å². The van der Waals surface area contributed by atoms with Crippen LogP contribution in [0.5, 0.6) is 0 Å². The fraction of sp³-hybridized carbons (Fsp3) is 0.250. The molecule has 0 unspecified atom stereocenters. The van der Waals surface area contributed by atoms with Gasteiger partial charge in [-0.15, -0.1) is 0 Å². The van der Waals surface area contributed by atoms with Crippen LogP contribution in [0, 0.1) is 0 Å². The molecule has 0 spiro atoms. The van der Waals surface area contributed by atoms with Crippen molar-refractivity contribution in [1.29, 1.82) is 0 Å². The minimum Gasteiger partial charge on any atom is -0.392 e. The van der Waals surface area contributed by atoms with Crippen LogP contribution in [0.15, 0.2) is 21.1 Å². The van der Waals surface area contributed by atoms with Crippen molar-refractivity contribution in [2.75, 3.05) is 0 Å². The first kappa shape index (κ1) is 10.2. The Balaban J connectivity index is 3.25. The zero-order valence-corrected chi connectivity index (χ0v) is 9.39. The van der Waals surface area contributed by atoms with Gasteiger partial charge in [0, 0.05) is 8.95 Å². The Morgan fingerprint density at radius 2 is 1.75 bits per heavy atom. The molecule has 0 aliphatic rings. The van der Waals surface area contributed by atoms with E-state index < -0.39 is 0 Å². The standard InChI is InChI=1S/C8H8Br2O2/c9-7-2-1-5(3-11)6(4-12)8(7)10/h1-2,11-12H,3-4H2. The summed E-state index contributed by atoms with van der Waals surface area (Å²) in [7, 11) is 0. The molecule has 1 rings (SSSR count). The number of hydrogen-bond donors (Lipinski definition) is 2. The molecule has 0 amide bonds. The van der Waals surface area contributed by atoms with Gasteiger partial charge in [-0.3, -0.25) is 0 Å². The van der Waals surface area contributed by atoms with E-state index in [-0.39, 0.29) is 13.2 Å². The number of halogens is 2. The van der Waals surface area contributed by atoms with Gasteiger partial charge in [0.1, 0.15) is 0 Å². The molecule has 1 aromatic rings. The van der Waals surface area contributed by atoms with Crippen LogP contribution < -0.4 is 0 Å². The lowest BCUT2D eigenvalue weighted by atomic mass is 10.1. The molecule has 0 atom stereocenters. The van der Waals surface area contributed by atoms with Gasteiger partial charge in [-0.05, 0) is 49.1 Å². The van der Waals surface area contributed by atoms with Gasteiger partial charge in [-0.1, -0.05) is 6.07 Å². The Labute approximate surface area is 87.5 Å². The third-order valence-corrected chi connectivity index (χ3v) is 3.72. The van der Waals surface area contributed by atoms with E-state index in [9.17, 15) is 0 Å². The maximum absolute atomic E-state index is 8.99. The second-order valence-electron chi connectivity index (χ2n) is 2.32. The Morgan fingerprint density at radius 3 is 2.25 bits per heavy atom. The van der Waals surface area contributed by atoms with E-state index in [4.69, 9.17) is 10.2 Å². The lowest BCUT2D eigenvalue weighted by Gasteiger charge is -2.08. The van der Waals surface area contributed by atoms with Crippen molar-refractivity contribution in [3.63, 3.8) is 0 Å². The monoisotopic (exact) mass is 294 g/mol. The van der Waals surface area contributed by atoms with Crippen molar-refractivity contribution in [2.24, 2.45) is 0 Å². The van der Waals surface area contributed by atoms with E-state index >= 15 is 0 Å². The van der Waals surface area contributed by atoms with Crippen molar-refractivity contribution < 1.29 is 10.2 Å². The second-order valence-corrected chi connectivity index (χ2v) is 3.96. The van der Waals surface area contributed by atoms with Crippen LogP contribution in [0.2, 0.25) is 0 Å². The highest BCUT2D eigenvalue weighted by molar-refractivity contribution is 9.13. The Morgan fingerprint density at radius 1 is 1.08 bits per heavy atom. The summed E-state index contributed by atoms with van der Waals surface area (Å²) in [5, 5.41) is 17.9. The largest absolute Gasteiger partial charge is 0.392 e. The highest BCUT2D eigenvalue weighted by Crippen LogP contribution is 2.29. The van der Waals surface area contributed by atoms with Crippen LogP contribution in [0.1, 0.15) is 11.1 Å². The molecule has 4 heteroatoms. The smallest absolute Gasteiger partial charge is 0.0696 e. The topological polar surface area (TPSA) is 40.5 Å². The zero-order valence-electron chi connectivity index (χ0n) is 6.22. The third kappa shape index (κ3) is 1.88. The van der Waals surface area contributed by atoms with Gasteiger partial charge in [0.15, 0.2) is 0 Å². The lowest BCUT2D eigenvalue weighted by molar-refractivity contribution is 0.259. The molecule has 0 saturated heterocycles. The number of rotatable bonds is 2. The number of hydrogen-bond acceptors (Lipinski definition) is 2. The number of aliphatic hydroxyl groups is 2. The fourth-order valence-electron chi connectivity index (χ4n) is 0.952. The van der Waals surface area contributed by atoms with Gasteiger partial charge in [0.25, 0.3) is 0 Å². The van der Waals surface area contributed by atoms with Crippen LogP contribution in [-0.2, 0) is 13.2 Å². The normalized spacial score (nSPS) is 10.3. The summed E-state index contributed by atoms with van der Waals surface area (Å²) in [5.41, 5.74) is 1.47. The molecule has 12 heavy (non-hydrogen) atoms. The molecule has 0 aromatic heterocycles. The molecule has 66 valence electrons. The molecule has 1 aromatic carbocycles. The van der Waals surface area contributed by atoms with Gasteiger partial charge >= 0.3 is 0 Å². The quantitative estimate of drug-likeness (QED) is 0.878. The molecule has 2 N–H and O–H groups in total. The first-order valence-electron chi connectivity index (χ1n) is 3.38. The Hall–Kier alpha value is 0.1000. The summed E-state index contributed by atoms with van der Waals surface area (Å²) in [4.78, 5) is 0. The third-order valence-electron chi connectivity index (χ3n) is 1.62. The zero-order chi connectivity index (χ0) is 9.14. The predicted molar refractivity (Wildman–Crippen MR) is 53.7 cm³/mol. The van der Waals surface area contributed by atoms with E-state index in [1.54, 1.807) is 6.07 Å². The average molecular weight is 296 g/mol. The highest BCUT2D eigenvalue weighted by Gasteiger charge is 2.07. The molecule has 0 radical (unpaired) electrons. The second kappa shape index (κ2) is 4.37. The van der Waals surface area contributed by atoms with Crippen LogP contribution in [0.4, 0.5) is 0 Å². The molecular weight excluding hydrogens is 288 g/mol. The van der Waals surface area contributed by atoms with E-state index in [0.717, 1.165) is 20.1 Å². The van der Waals surface area contributed by atoms with Crippen LogP contribution in [0.3, 0.4) is 0 Å². The lowest BCUT2D eigenvalue weighted by Crippen LogP contribution is -1.95. The summed E-state index contributed by atoms with van der Waals surface area (Å²) < 4.78 is 1.68. The van der Waals surface area contributed by atoms with Crippen molar-refractivity contribution in [3.05, 3.63) is 32.2 Å². The molecule has 2 nitrogen and oxygen atoms in total. The number of aliphatic hydroxyl groups excluding tert-OH is 2. The summed E-state index contributed by atoms with van der Waals surface area (Å²) in [6.07, 6.45) is 0. The summed E-state index contributed by atoms with van der Waals surface area (Å²) >= 11 is 6.62. The SMILES string of the molecule is OCc1ccc(Br)c(Br)c1CO. The summed E-state index contributed by atoms with van der Waals surface area (Å²) in [6.45, 7) is -0.127. The van der Waals surface area contributed by atoms with Crippen LogP contribution >= 0.6 is 31.9 Å². The van der Waals surface area contributed by atoms with Crippen molar-refractivity contribution in [2.45, 2.75) is 13.2 Å². The minimum absolute atomic E-state index is 0.0538. The van der Waals surface area contributed by atoms with E-state index in [1.807, 2.05) is 6.07 Å². The first-order valence-corrected chi connectivity index (χ1v) is 4.96. The molecule has 0 saturated carbocycles. The molecule has 0 fully saturated rings. The fourth-order valence-corrected chi connectivity index (χ4v) is 1.84. The van der Waals surface area contributed by atoms with E-state index in [0.29, 0.717) is 0 Å². The maximum Gasteiger partial charge on any atom is 0.0696 e. The van der Waals surface area contributed by atoms with Gasteiger partial charge < -0.3 is 10.2 Å². The molecule has 0 heterocycles. The van der Waals surface area contributed by atoms with Crippen LogP contribution in [0.25, 0.3) is 0 Å². The van der Waals surface area contributed by atoms with Crippen molar-refractivity contribution >= 4 is 31.9 Å². The average Bonchev–Trinajstić information content (AvgIpc) is 2.09. The Bertz CT molecular complexity index is 287. The minimum atomic E-state index is -0.0735. The molecule has 0 bridgehead atoms. The van der Waals surface area contributed by atoms with Crippen molar-refractivity contribution in [3.8, 4) is 0 Å².